The average Bonchev–Trinajstić information content (AvgIpc) is 2.69. The molecule has 2 aliphatic heterocycles. The van der Waals surface area contributed by atoms with E-state index in [2.05, 4.69) is 10.2 Å². The third-order valence-electron chi connectivity index (χ3n) is 4.97. The fraction of sp³-hybridized carbons (Fsp3) is 0.579. The van der Waals surface area contributed by atoms with E-state index in [0.717, 1.165) is 39.0 Å². The molecular formula is C19H29Cl2N3O4. The van der Waals surface area contributed by atoms with Crippen LogP contribution < -0.4 is 10.1 Å². The number of piperidine rings is 1. The zero-order valence-corrected chi connectivity index (χ0v) is 17.7. The number of carbonyl (C=O) groups excluding carboxylic acids is 2. The smallest absolute Gasteiger partial charge is 0.417 e. The van der Waals surface area contributed by atoms with Gasteiger partial charge in [-0.1, -0.05) is 18.2 Å². The summed E-state index contributed by atoms with van der Waals surface area (Å²) in [6.45, 7) is 6.51. The first-order valence-corrected chi connectivity index (χ1v) is 9.30. The number of piperazine rings is 1. The van der Waals surface area contributed by atoms with Crippen LogP contribution in [0.15, 0.2) is 30.3 Å². The lowest BCUT2D eigenvalue weighted by Gasteiger charge is -2.40. The van der Waals surface area contributed by atoms with E-state index in [9.17, 15) is 9.59 Å². The van der Waals surface area contributed by atoms with Crippen LogP contribution in [-0.2, 0) is 9.53 Å². The van der Waals surface area contributed by atoms with E-state index in [1.54, 1.807) is 24.0 Å². The number of nitrogens with one attached hydrogen (secondary N) is 1. The van der Waals surface area contributed by atoms with E-state index < -0.39 is 18.2 Å². The quantitative estimate of drug-likeness (QED) is 0.580. The predicted octanol–water partition coefficient (Wildman–Crippen LogP) is 2.33. The predicted molar refractivity (Wildman–Crippen MR) is 112 cm³/mol. The Bertz CT molecular complexity index is 606. The molecule has 2 heterocycles. The standard InChI is InChI=1S/C19H27N3O4.2ClH/c1-15(25-17-5-3-2-4-6-17)18(23)26-19(24)22-13-11-21(12-14-22)16-7-9-20-10-8-16;;/h2-6,15-16,20H,7-14H2,1H3;2*1H. The van der Waals surface area contributed by atoms with Gasteiger partial charge >= 0.3 is 12.1 Å². The highest BCUT2D eigenvalue weighted by atomic mass is 35.5. The van der Waals surface area contributed by atoms with Crippen LogP contribution in [0.4, 0.5) is 4.79 Å². The van der Waals surface area contributed by atoms with Gasteiger partial charge in [0.2, 0.25) is 0 Å². The Balaban J connectivity index is 0.00000196. The Morgan fingerprint density at radius 1 is 1.04 bits per heavy atom. The summed E-state index contributed by atoms with van der Waals surface area (Å²) in [7, 11) is 0. The number of nitrogens with zero attached hydrogens (tertiary/aromatic N) is 2. The fourth-order valence-electron chi connectivity index (χ4n) is 3.43. The Kier molecular flexibility index (Phi) is 10.6. The molecule has 0 saturated carbocycles. The van der Waals surface area contributed by atoms with E-state index in [-0.39, 0.29) is 24.8 Å². The molecule has 158 valence electrons. The third kappa shape index (κ3) is 6.81. The number of hydrogen-bond donors (Lipinski definition) is 1. The summed E-state index contributed by atoms with van der Waals surface area (Å²) in [5.41, 5.74) is 0. The summed E-state index contributed by atoms with van der Waals surface area (Å²) in [5.74, 6) is -0.0976. The Hall–Kier alpha value is -1.54. The van der Waals surface area contributed by atoms with Crippen LogP contribution in [0.5, 0.6) is 5.75 Å². The molecule has 3 rings (SSSR count). The number of amides is 1. The molecule has 2 aliphatic rings. The van der Waals surface area contributed by atoms with Gasteiger partial charge in [-0.05, 0) is 45.0 Å². The van der Waals surface area contributed by atoms with Gasteiger partial charge in [-0.3, -0.25) is 4.90 Å². The molecule has 28 heavy (non-hydrogen) atoms. The fourth-order valence-corrected chi connectivity index (χ4v) is 3.43. The first kappa shape index (κ1) is 24.5. The van der Waals surface area contributed by atoms with Gasteiger partial charge in [0.05, 0.1) is 0 Å². The second kappa shape index (κ2) is 12.1. The van der Waals surface area contributed by atoms with Crippen LogP contribution in [0, 0.1) is 0 Å². The first-order valence-electron chi connectivity index (χ1n) is 9.30. The lowest BCUT2D eigenvalue weighted by Crippen LogP contribution is -2.54. The van der Waals surface area contributed by atoms with E-state index in [1.165, 1.54) is 0 Å². The number of hydrogen-bond acceptors (Lipinski definition) is 6. The highest BCUT2D eigenvalue weighted by molar-refractivity contribution is 5.87. The molecule has 9 heteroatoms. The highest BCUT2D eigenvalue weighted by Gasteiger charge is 2.29. The van der Waals surface area contributed by atoms with Crippen LogP contribution in [0.1, 0.15) is 19.8 Å². The van der Waals surface area contributed by atoms with Gasteiger partial charge in [-0.15, -0.1) is 24.8 Å². The molecule has 0 spiro atoms. The van der Waals surface area contributed by atoms with E-state index >= 15 is 0 Å². The zero-order valence-electron chi connectivity index (χ0n) is 16.0. The van der Waals surface area contributed by atoms with Gasteiger partial charge in [-0.25, -0.2) is 9.59 Å². The summed E-state index contributed by atoms with van der Waals surface area (Å²) in [5, 5.41) is 3.37. The van der Waals surface area contributed by atoms with Crippen molar-refractivity contribution < 1.29 is 19.1 Å². The lowest BCUT2D eigenvalue weighted by molar-refractivity contribution is -0.145. The van der Waals surface area contributed by atoms with Gasteiger partial charge in [0.15, 0.2) is 6.10 Å². The number of esters is 1. The Morgan fingerprint density at radius 3 is 2.25 bits per heavy atom. The van der Waals surface area contributed by atoms with Crippen molar-refractivity contribution in [1.82, 2.24) is 15.1 Å². The number of rotatable bonds is 4. The van der Waals surface area contributed by atoms with Crippen molar-refractivity contribution >= 4 is 36.9 Å². The number of para-hydroxylation sites is 1. The lowest BCUT2D eigenvalue weighted by atomic mass is 10.0. The van der Waals surface area contributed by atoms with Gasteiger partial charge in [0, 0.05) is 32.2 Å². The minimum absolute atomic E-state index is 0. The van der Waals surface area contributed by atoms with Gasteiger partial charge in [0.1, 0.15) is 5.75 Å². The number of benzene rings is 1. The van der Waals surface area contributed by atoms with Crippen molar-refractivity contribution in [1.29, 1.82) is 0 Å². The molecule has 0 aliphatic carbocycles. The summed E-state index contributed by atoms with van der Waals surface area (Å²) < 4.78 is 10.5. The van der Waals surface area contributed by atoms with Crippen LogP contribution in [0.2, 0.25) is 0 Å². The molecule has 0 bridgehead atoms. The molecule has 2 saturated heterocycles. The maximum Gasteiger partial charge on any atom is 0.417 e. The minimum Gasteiger partial charge on any atom is -0.479 e. The van der Waals surface area contributed by atoms with Gasteiger partial charge in [0.25, 0.3) is 0 Å². The molecule has 1 unspecified atom stereocenters. The molecular weight excluding hydrogens is 405 g/mol. The number of ether oxygens (including phenoxy) is 2. The Labute approximate surface area is 178 Å². The summed E-state index contributed by atoms with van der Waals surface area (Å²) in [4.78, 5) is 28.4. The normalized spacial score (nSPS) is 19.0. The molecule has 2 fully saturated rings. The van der Waals surface area contributed by atoms with Gasteiger partial charge in [-0.2, -0.15) is 0 Å². The number of carbonyl (C=O) groups is 2. The van der Waals surface area contributed by atoms with Crippen LogP contribution in [0.25, 0.3) is 0 Å². The molecule has 1 amide bonds. The molecule has 1 atom stereocenters. The summed E-state index contributed by atoms with van der Waals surface area (Å²) in [6.07, 6.45) is 0.884. The van der Waals surface area contributed by atoms with Crippen LogP contribution >= 0.6 is 24.8 Å². The van der Waals surface area contributed by atoms with Crippen molar-refractivity contribution in [3.8, 4) is 5.75 Å². The van der Waals surface area contributed by atoms with E-state index in [0.29, 0.717) is 24.9 Å². The van der Waals surface area contributed by atoms with E-state index in [4.69, 9.17) is 9.47 Å². The van der Waals surface area contributed by atoms with Crippen molar-refractivity contribution in [2.24, 2.45) is 0 Å². The SMILES string of the molecule is CC(Oc1ccccc1)C(=O)OC(=O)N1CCN(C2CCNCC2)CC1.Cl.Cl. The molecule has 1 N–H and O–H groups in total. The maximum atomic E-state index is 12.2. The van der Waals surface area contributed by atoms with Crippen molar-refractivity contribution in [3.05, 3.63) is 30.3 Å². The van der Waals surface area contributed by atoms with Crippen molar-refractivity contribution in [3.63, 3.8) is 0 Å². The highest BCUT2D eigenvalue weighted by Crippen LogP contribution is 2.16. The third-order valence-corrected chi connectivity index (χ3v) is 4.97. The first-order chi connectivity index (χ1) is 12.6. The van der Waals surface area contributed by atoms with Gasteiger partial charge < -0.3 is 19.7 Å². The molecule has 0 aromatic heterocycles. The largest absolute Gasteiger partial charge is 0.479 e. The maximum absolute atomic E-state index is 12.2. The second-order valence-electron chi connectivity index (χ2n) is 6.76. The van der Waals surface area contributed by atoms with Crippen LogP contribution in [-0.4, -0.2) is 73.3 Å². The van der Waals surface area contributed by atoms with Crippen LogP contribution in [0.3, 0.4) is 0 Å². The minimum atomic E-state index is -0.836. The van der Waals surface area contributed by atoms with E-state index in [1.807, 2.05) is 18.2 Å². The van der Waals surface area contributed by atoms with Crippen molar-refractivity contribution in [2.45, 2.75) is 31.9 Å². The number of halogens is 2. The summed E-state index contributed by atoms with van der Waals surface area (Å²) >= 11 is 0. The Morgan fingerprint density at radius 2 is 1.64 bits per heavy atom. The molecule has 1 aromatic carbocycles. The zero-order chi connectivity index (χ0) is 18.4. The average molecular weight is 434 g/mol. The monoisotopic (exact) mass is 433 g/mol. The molecule has 7 nitrogen and oxygen atoms in total. The second-order valence-corrected chi connectivity index (χ2v) is 6.76. The summed E-state index contributed by atoms with van der Waals surface area (Å²) in [6, 6.07) is 9.61. The topological polar surface area (TPSA) is 71.1 Å². The van der Waals surface area contributed by atoms with Crippen molar-refractivity contribution in [2.75, 3.05) is 39.3 Å². The molecule has 1 aromatic rings. The molecule has 0 radical (unpaired) electrons.